The molecule has 0 unspecified atom stereocenters. The number of methoxy groups -OCH3 is 1. The second-order valence-corrected chi connectivity index (χ2v) is 6.81. The molecule has 2 aromatic carbocycles. The molecule has 0 aliphatic carbocycles. The zero-order chi connectivity index (χ0) is 18.1. The first-order valence-electron chi connectivity index (χ1n) is 9.05. The molecule has 134 valence electrons. The molecular formula is C21H24N4O. The third-order valence-electron chi connectivity index (χ3n) is 4.97. The molecule has 1 aliphatic rings. The van der Waals surface area contributed by atoms with Crippen molar-refractivity contribution in [1.82, 2.24) is 15.3 Å². The summed E-state index contributed by atoms with van der Waals surface area (Å²) in [6.07, 6.45) is 0.960. The van der Waals surface area contributed by atoms with E-state index >= 15 is 0 Å². The number of anilines is 1. The minimum atomic E-state index is 0.162. The van der Waals surface area contributed by atoms with E-state index in [1.54, 1.807) is 7.11 Å². The van der Waals surface area contributed by atoms with Crippen molar-refractivity contribution in [1.29, 1.82) is 0 Å². The molecule has 1 aliphatic heterocycles. The van der Waals surface area contributed by atoms with Crippen molar-refractivity contribution >= 4 is 16.6 Å². The highest BCUT2D eigenvalue weighted by Crippen LogP contribution is 2.28. The Labute approximate surface area is 153 Å². The van der Waals surface area contributed by atoms with E-state index in [1.165, 1.54) is 21.9 Å². The molecule has 3 aromatic rings. The van der Waals surface area contributed by atoms with Gasteiger partial charge >= 0.3 is 0 Å². The van der Waals surface area contributed by atoms with E-state index in [0.717, 1.165) is 42.6 Å². The minimum absolute atomic E-state index is 0.162. The first-order valence-corrected chi connectivity index (χ1v) is 9.05. The zero-order valence-corrected chi connectivity index (χ0v) is 15.5. The number of hydrogen-bond acceptors (Lipinski definition) is 5. The summed E-state index contributed by atoms with van der Waals surface area (Å²) in [6.45, 7) is 5.92. The van der Waals surface area contributed by atoms with Crippen LogP contribution < -0.4 is 15.4 Å². The summed E-state index contributed by atoms with van der Waals surface area (Å²) < 4.78 is 5.31. The Hall–Kier alpha value is -2.66. The van der Waals surface area contributed by atoms with Gasteiger partial charge in [-0.05, 0) is 61.3 Å². The van der Waals surface area contributed by atoms with E-state index in [4.69, 9.17) is 4.74 Å². The van der Waals surface area contributed by atoms with Gasteiger partial charge in [0.05, 0.1) is 12.8 Å². The molecular weight excluding hydrogens is 324 g/mol. The molecule has 0 spiro atoms. The maximum atomic E-state index is 5.31. The van der Waals surface area contributed by atoms with E-state index in [9.17, 15) is 0 Å². The van der Waals surface area contributed by atoms with Gasteiger partial charge in [0.2, 0.25) is 0 Å². The van der Waals surface area contributed by atoms with Crippen LogP contribution in [0.2, 0.25) is 0 Å². The molecule has 2 N–H and O–H groups in total. The Morgan fingerprint density at radius 2 is 1.92 bits per heavy atom. The Kier molecular flexibility index (Phi) is 4.47. The molecule has 26 heavy (non-hydrogen) atoms. The number of fused-ring (bicyclic) bond motifs is 2. The Bertz CT molecular complexity index is 954. The summed E-state index contributed by atoms with van der Waals surface area (Å²) in [6, 6.07) is 12.9. The lowest BCUT2D eigenvalue weighted by molar-refractivity contribution is 0.415. The maximum absolute atomic E-state index is 5.31. The van der Waals surface area contributed by atoms with Crippen molar-refractivity contribution in [3.63, 3.8) is 0 Å². The molecule has 0 fully saturated rings. The topological polar surface area (TPSA) is 59.1 Å². The van der Waals surface area contributed by atoms with E-state index in [-0.39, 0.29) is 6.04 Å². The second kappa shape index (κ2) is 6.92. The minimum Gasteiger partial charge on any atom is -0.497 e. The van der Waals surface area contributed by atoms with E-state index < -0.39 is 0 Å². The van der Waals surface area contributed by atoms with Crippen LogP contribution in [0, 0.1) is 6.92 Å². The number of nitrogens with one attached hydrogen (secondary N) is 2. The first-order chi connectivity index (χ1) is 12.6. The third-order valence-corrected chi connectivity index (χ3v) is 4.97. The van der Waals surface area contributed by atoms with Crippen LogP contribution in [0.3, 0.4) is 0 Å². The molecule has 1 atom stereocenters. The molecule has 5 nitrogen and oxygen atoms in total. The molecule has 4 rings (SSSR count). The summed E-state index contributed by atoms with van der Waals surface area (Å²) in [4.78, 5) is 9.26. The van der Waals surface area contributed by atoms with Crippen LogP contribution >= 0.6 is 0 Å². The predicted octanol–water partition coefficient (Wildman–Crippen LogP) is 3.77. The Balaban J connectivity index is 1.63. The fourth-order valence-electron chi connectivity index (χ4n) is 3.53. The summed E-state index contributed by atoms with van der Waals surface area (Å²) in [7, 11) is 1.70. The molecule has 0 radical (unpaired) electrons. The summed E-state index contributed by atoms with van der Waals surface area (Å²) in [5, 5.41) is 9.38. The highest BCUT2D eigenvalue weighted by Gasteiger charge is 2.18. The molecule has 0 saturated carbocycles. The second-order valence-electron chi connectivity index (χ2n) is 6.81. The number of nitrogens with zero attached hydrogens (tertiary/aromatic N) is 2. The molecule has 0 saturated heterocycles. The van der Waals surface area contributed by atoms with Crippen LogP contribution in [-0.4, -0.2) is 23.6 Å². The standard InChI is InChI=1S/C21H24N4O/c1-13(15-4-5-17-11-18(26-3)7-6-16(17)10-15)23-21-19-8-9-22-12-20(19)24-14(2)25-21/h4-7,10-11,13,22H,8-9,12H2,1-3H3,(H,23,24,25)/t13-/m0/s1. The monoisotopic (exact) mass is 348 g/mol. The van der Waals surface area contributed by atoms with Gasteiger partial charge in [-0.1, -0.05) is 18.2 Å². The predicted molar refractivity (Wildman–Crippen MR) is 105 cm³/mol. The van der Waals surface area contributed by atoms with Crippen LogP contribution in [0.15, 0.2) is 36.4 Å². The lowest BCUT2D eigenvalue weighted by Crippen LogP contribution is -2.27. The number of benzene rings is 2. The van der Waals surface area contributed by atoms with Crippen LogP contribution in [0.25, 0.3) is 10.8 Å². The lowest BCUT2D eigenvalue weighted by Gasteiger charge is -2.23. The quantitative estimate of drug-likeness (QED) is 0.752. The number of aromatic nitrogens is 2. The van der Waals surface area contributed by atoms with Crippen molar-refractivity contribution in [3.8, 4) is 5.75 Å². The Morgan fingerprint density at radius 3 is 2.77 bits per heavy atom. The van der Waals surface area contributed by atoms with Crippen LogP contribution in [0.4, 0.5) is 5.82 Å². The lowest BCUT2D eigenvalue weighted by atomic mass is 10.0. The largest absolute Gasteiger partial charge is 0.497 e. The summed E-state index contributed by atoms with van der Waals surface area (Å²) in [5.74, 6) is 2.66. The van der Waals surface area contributed by atoms with E-state index in [2.05, 4.69) is 57.9 Å². The van der Waals surface area contributed by atoms with E-state index in [0.29, 0.717) is 0 Å². The van der Waals surface area contributed by atoms with Gasteiger partial charge in [-0.3, -0.25) is 0 Å². The van der Waals surface area contributed by atoms with Crippen molar-refractivity contribution in [2.24, 2.45) is 0 Å². The first kappa shape index (κ1) is 16.8. The van der Waals surface area contributed by atoms with Crippen molar-refractivity contribution in [2.45, 2.75) is 32.9 Å². The van der Waals surface area contributed by atoms with Gasteiger partial charge in [-0.15, -0.1) is 0 Å². The van der Waals surface area contributed by atoms with Gasteiger partial charge in [-0.2, -0.15) is 0 Å². The third kappa shape index (κ3) is 3.22. The van der Waals surface area contributed by atoms with Crippen molar-refractivity contribution in [2.75, 3.05) is 19.0 Å². The van der Waals surface area contributed by atoms with Gasteiger partial charge < -0.3 is 15.4 Å². The van der Waals surface area contributed by atoms with Crippen LogP contribution in [-0.2, 0) is 13.0 Å². The van der Waals surface area contributed by atoms with Crippen molar-refractivity contribution in [3.05, 3.63) is 59.0 Å². The molecule has 2 heterocycles. The van der Waals surface area contributed by atoms with Crippen molar-refractivity contribution < 1.29 is 4.74 Å². The fourth-order valence-corrected chi connectivity index (χ4v) is 3.53. The molecule has 5 heteroatoms. The smallest absolute Gasteiger partial charge is 0.133 e. The normalized spacial score (nSPS) is 14.7. The van der Waals surface area contributed by atoms with Gasteiger partial charge in [0.1, 0.15) is 17.4 Å². The average Bonchev–Trinajstić information content (AvgIpc) is 2.67. The Morgan fingerprint density at radius 1 is 1.12 bits per heavy atom. The van der Waals surface area contributed by atoms with Crippen LogP contribution in [0.1, 0.15) is 35.6 Å². The number of hydrogen-bond donors (Lipinski definition) is 2. The average molecular weight is 348 g/mol. The molecule has 0 amide bonds. The summed E-state index contributed by atoms with van der Waals surface area (Å²) >= 11 is 0. The highest BCUT2D eigenvalue weighted by atomic mass is 16.5. The summed E-state index contributed by atoms with van der Waals surface area (Å²) in [5.41, 5.74) is 3.59. The number of rotatable bonds is 4. The molecule has 1 aromatic heterocycles. The fraction of sp³-hybridized carbons (Fsp3) is 0.333. The SMILES string of the molecule is COc1ccc2cc([C@H](C)Nc3nc(C)nc4c3CCNC4)ccc2c1. The van der Waals surface area contributed by atoms with E-state index in [1.807, 2.05) is 13.0 Å². The number of ether oxygens (including phenoxy) is 1. The van der Waals surface area contributed by atoms with Crippen LogP contribution in [0.5, 0.6) is 5.75 Å². The van der Waals surface area contributed by atoms with Gasteiger partial charge in [-0.25, -0.2) is 9.97 Å². The van der Waals surface area contributed by atoms with Gasteiger partial charge in [0.25, 0.3) is 0 Å². The molecule has 0 bridgehead atoms. The van der Waals surface area contributed by atoms with Gasteiger partial charge in [0.15, 0.2) is 0 Å². The van der Waals surface area contributed by atoms with Gasteiger partial charge in [0, 0.05) is 18.2 Å². The maximum Gasteiger partial charge on any atom is 0.133 e. The highest BCUT2D eigenvalue weighted by molar-refractivity contribution is 5.84. The number of aryl methyl sites for hydroxylation is 1. The zero-order valence-electron chi connectivity index (χ0n) is 15.5.